The van der Waals surface area contributed by atoms with Crippen LogP contribution in [0, 0.1) is 11.3 Å². The Morgan fingerprint density at radius 2 is 1.95 bits per heavy atom. The van der Waals surface area contributed by atoms with Crippen molar-refractivity contribution >= 4 is 17.7 Å². The molecule has 0 heterocycles. The minimum Gasteiger partial charge on any atom is -0.481 e. The molecule has 0 bridgehead atoms. The lowest BCUT2D eigenvalue weighted by Gasteiger charge is -2.12. The lowest BCUT2D eigenvalue weighted by atomic mass is 10.1. The second kappa shape index (κ2) is 6.82. The van der Waals surface area contributed by atoms with Crippen LogP contribution in [0.15, 0.2) is 47.4 Å². The fourth-order valence-electron chi connectivity index (χ4n) is 1.91. The molecule has 0 aliphatic rings. The number of benzene rings is 2. The maximum atomic E-state index is 10.9. The van der Waals surface area contributed by atoms with E-state index in [0.29, 0.717) is 22.6 Å². The molecule has 0 saturated heterocycles. The molecule has 2 aromatic carbocycles. The first-order chi connectivity index (χ1) is 10.2. The molecule has 1 N–H and O–H groups in total. The van der Waals surface area contributed by atoms with Gasteiger partial charge >= 0.3 is 5.97 Å². The zero-order chi connectivity index (χ0) is 15.2. The lowest BCUT2D eigenvalue weighted by molar-refractivity contribution is -0.136. The fraction of sp³-hybridized carbons (Fsp3) is 0.125. The molecule has 0 spiro atoms. The number of aliphatic carboxylic acids is 1. The second-order valence-electron chi connectivity index (χ2n) is 4.23. The summed E-state index contributed by atoms with van der Waals surface area (Å²) in [5.41, 5.74) is 1.03. The molecule has 2 rings (SSSR count). The average Bonchev–Trinajstić information content (AvgIpc) is 2.48. The first-order valence-corrected chi connectivity index (χ1v) is 7.43. The Labute approximate surface area is 127 Å². The van der Waals surface area contributed by atoms with Crippen LogP contribution in [0.3, 0.4) is 0 Å². The standard InChI is InChI=1S/C16H13NO3S/c1-21-15-8-4-7-14(12(15)10-17)20-13-6-3-2-5-11(13)9-16(18)19/h2-8H,9H2,1H3,(H,18,19). The van der Waals surface area contributed by atoms with Gasteiger partial charge in [-0.1, -0.05) is 24.3 Å². The van der Waals surface area contributed by atoms with E-state index in [1.165, 1.54) is 11.8 Å². The van der Waals surface area contributed by atoms with Gasteiger partial charge < -0.3 is 9.84 Å². The zero-order valence-electron chi connectivity index (χ0n) is 11.4. The molecule has 0 saturated carbocycles. The maximum absolute atomic E-state index is 10.9. The van der Waals surface area contributed by atoms with Crippen molar-refractivity contribution in [2.45, 2.75) is 11.3 Å². The number of ether oxygens (including phenoxy) is 1. The van der Waals surface area contributed by atoms with Crippen molar-refractivity contribution < 1.29 is 14.6 Å². The summed E-state index contributed by atoms with van der Waals surface area (Å²) in [6, 6.07) is 14.4. The van der Waals surface area contributed by atoms with Crippen LogP contribution in [-0.2, 0) is 11.2 Å². The van der Waals surface area contributed by atoms with Crippen molar-refractivity contribution in [3.05, 3.63) is 53.6 Å². The number of carboxylic acids is 1. The number of thioether (sulfide) groups is 1. The lowest BCUT2D eigenvalue weighted by Crippen LogP contribution is -2.02. The molecule has 2 aromatic rings. The summed E-state index contributed by atoms with van der Waals surface area (Å²) in [5.74, 6) is -0.0405. The number of carboxylic acid groups (broad SMARTS) is 1. The molecule has 0 unspecified atom stereocenters. The van der Waals surface area contributed by atoms with E-state index in [4.69, 9.17) is 9.84 Å². The van der Waals surface area contributed by atoms with Crippen LogP contribution in [0.5, 0.6) is 11.5 Å². The molecule has 106 valence electrons. The Hall–Kier alpha value is -2.45. The van der Waals surface area contributed by atoms with Crippen molar-refractivity contribution in [2.75, 3.05) is 6.26 Å². The summed E-state index contributed by atoms with van der Waals surface area (Å²) in [6.45, 7) is 0. The summed E-state index contributed by atoms with van der Waals surface area (Å²) >= 11 is 1.46. The van der Waals surface area contributed by atoms with Crippen LogP contribution in [0.1, 0.15) is 11.1 Å². The van der Waals surface area contributed by atoms with E-state index in [9.17, 15) is 10.1 Å². The maximum Gasteiger partial charge on any atom is 0.307 e. The topological polar surface area (TPSA) is 70.3 Å². The molecular formula is C16H13NO3S. The summed E-state index contributed by atoms with van der Waals surface area (Å²) in [6.07, 6.45) is 1.76. The van der Waals surface area contributed by atoms with E-state index in [1.807, 2.05) is 18.4 Å². The Morgan fingerprint density at radius 3 is 2.62 bits per heavy atom. The normalized spacial score (nSPS) is 9.90. The highest BCUT2D eigenvalue weighted by molar-refractivity contribution is 7.98. The Bertz CT molecular complexity index is 707. The van der Waals surface area contributed by atoms with Gasteiger partial charge in [0.05, 0.1) is 6.42 Å². The summed E-state index contributed by atoms with van der Waals surface area (Å²) < 4.78 is 5.78. The van der Waals surface area contributed by atoms with Gasteiger partial charge in [-0.25, -0.2) is 0 Å². The summed E-state index contributed by atoms with van der Waals surface area (Å²) in [5, 5.41) is 18.2. The molecule has 5 heteroatoms. The number of rotatable bonds is 5. The van der Waals surface area contributed by atoms with Gasteiger partial charge in [-0.3, -0.25) is 4.79 Å². The van der Waals surface area contributed by atoms with Crippen LogP contribution in [0.2, 0.25) is 0 Å². The van der Waals surface area contributed by atoms with E-state index in [-0.39, 0.29) is 6.42 Å². The van der Waals surface area contributed by atoms with E-state index in [1.54, 1.807) is 30.3 Å². The molecule has 0 fully saturated rings. The number of nitrogens with zero attached hydrogens (tertiary/aromatic N) is 1. The highest BCUT2D eigenvalue weighted by Gasteiger charge is 2.12. The van der Waals surface area contributed by atoms with E-state index in [2.05, 4.69) is 6.07 Å². The summed E-state index contributed by atoms with van der Waals surface area (Å²) in [7, 11) is 0. The van der Waals surface area contributed by atoms with E-state index < -0.39 is 5.97 Å². The third-order valence-electron chi connectivity index (χ3n) is 2.85. The molecule has 0 aliphatic heterocycles. The van der Waals surface area contributed by atoms with Gasteiger partial charge in [0.2, 0.25) is 0 Å². The first kappa shape index (κ1) is 14.9. The molecule has 0 amide bonds. The van der Waals surface area contributed by atoms with Crippen molar-refractivity contribution in [2.24, 2.45) is 0 Å². The van der Waals surface area contributed by atoms with Crippen LogP contribution >= 0.6 is 11.8 Å². The Kier molecular flexibility index (Phi) is 4.85. The van der Waals surface area contributed by atoms with Gasteiger partial charge in [0.1, 0.15) is 23.1 Å². The monoisotopic (exact) mass is 299 g/mol. The fourth-order valence-corrected chi connectivity index (χ4v) is 2.47. The predicted molar refractivity (Wildman–Crippen MR) is 80.8 cm³/mol. The minimum absolute atomic E-state index is 0.125. The van der Waals surface area contributed by atoms with Gasteiger partial charge in [0, 0.05) is 10.5 Å². The number of hydrogen-bond donors (Lipinski definition) is 1. The van der Waals surface area contributed by atoms with Crippen molar-refractivity contribution in [1.82, 2.24) is 0 Å². The van der Waals surface area contributed by atoms with E-state index in [0.717, 1.165) is 4.90 Å². The first-order valence-electron chi connectivity index (χ1n) is 6.20. The molecule has 4 nitrogen and oxygen atoms in total. The van der Waals surface area contributed by atoms with Crippen LogP contribution in [-0.4, -0.2) is 17.3 Å². The number of nitriles is 1. The van der Waals surface area contributed by atoms with Crippen molar-refractivity contribution in [1.29, 1.82) is 5.26 Å². The largest absolute Gasteiger partial charge is 0.481 e. The number of carbonyl (C=O) groups is 1. The highest BCUT2D eigenvalue weighted by Crippen LogP contribution is 2.32. The molecular weight excluding hydrogens is 286 g/mol. The zero-order valence-corrected chi connectivity index (χ0v) is 12.2. The minimum atomic E-state index is -0.926. The molecule has 21 heavy (non-hydrogen) atoms. The third-order valence-corrected chi connectivity index (χ3v) is 3.63. The van der Waals surface area contributed by atoms with Gasteiger partial charge in [-0.2, -0.15) is 5.26 Å². The van der Waals surface area contributed by atoms with Crippen molar-refractivity contribution in [3.63, 3.8) is 0 Å². The highest BCUT2D eigenvalue weighted by atomic mass is 32.2. The molecule has 0 aliphatic carbocycles. The average molecular weight is 299 g/mol. The van der Waals surface area contributed by atoms with Gasteiger partial charge in [-0.15, -0.1) is 11.8 Å². The number of hydrogen-bond acceptors (Lipinski definition) is 4. The van der Waals surface area contributed by atoms with Crippen LogP contribution in [0.4, 0.5) is 0 Å². The smallest absolute Gasteiger partial charge is 0.307 e. The van der Waals surface area contributed by atoms with Crippen LogP contribution in [0.25, 0.3) is 0 Å². The van der Waals surface area contributed by atoms with Gasteiger partial charge in [-0.05, 0) is 24.5 Å². The van der Waals surface area contributed by atoms with E-state index >= 15 is 0 Å². The Morgan fingerprint density at radius 1 is 1.24 bits per heavy atom. The predicted octanol–water partition coefficient (Wildman–Crippen LogP) is 3.70. The van der Waals surface area contributed by atoms with Crippen LogP contribution < -0.4 is 4.74 Å². The third kappa shape index (κ3) is 3.56. The summed E-state index contributed by atoms with van der Waals surface area (Å²) in [4.78, 5) is 11.7. The quantitative estimate of drug-likeness (QED) is 0.852. The molecule has 0 atom stereocenters. The van der Waals surface area contributed by atoms with Gasteiger partial charge in [0.15, 0.2) is 0 Å². The molecule has 0 aromatic heterocycles. The van der Waals surface area contributed by atoms with Crippen molar-refractivity contribution in [3.8, 4) is 17.6 Å². The number of para-hydroxylation sites is 1. The Balaban J connectivity index is 2.39. The molecule has 0 radical (unpaired) electrons. The SMILES string of the molecule is CSc1cccc(Oc2ccccc2CC(=O)O)c1C#N. The second-order valence-corrected chi connectivity index (χ2v) is 5.07. The van der Waals surface area contributed by atoms with Gasteiger partial charge in [0.25, 0.3) is 0 Å².